The minimum Gasteiger partial charge on any atom is -0.298 e. The number of hydrogen-bond donors (Lipinski definition) is 0. The maximum atomic E-state index is 12.6. The number of aryl methyl sites for hydroxylation is 1. The molecule has 3 rings (SSSR count). The molecule has 0 N–H and O–H groups in total. The normalized spacial score (nSPS) is 11.8. The summed E-state index contributed by atoms with van der Waals surface area (Å²) in [4.78, 5) is 23.6. The molecule has 0 aliphatic heterocycles. The Hall–Kier alpha value is -2.62. The second-order valence-corrected chi connectivity index (χ2v) is 7.44. The first-order valence-corrected chi connectivity index (χ1v) is 8.05. The number of aromatic nitrogens is 2. The molecule has 0 aliphatic carbocycles. The molecule has 0 saturated carbocycles. The topological polar surface area (TPSA) is 44.0 Å². The van der Waals surface area contributed by atoms with Crippen LogP contribution in [-0.2, 0) is 13.6 Å². The molecule has 0 radical (unpaired) electrons. The van der Waals surface area contributed by atoms with Crippen molar-refractivity contribution in [3.05, 3.63) is 58.5 Å². The molecule has 0 unspecified atom stereocenters. The van der Waals surface area contributed by atoms with Gasteiger partial charge in [0, 0.05) is 19.2 Å². The van der Waals surface area contributed by atoms with E-state index >= 15 is 0 Å². The van der Waals surface area contributed by atoms with Crippen molar-refractivity contribution in [1.29, 1.82) is 0 Å². The van der Waals surface area contributed by atoms with Gasteiger partial charge in [-0.05, 0) is 34.7 Å². The quantitative estimate of drug-likeness (QED) is 0.687. The number of fused-ring (bicyclic) bond motifs is 1. The third-order valence-corrected chi connectivity index (χ3v) is 4.13. The first-order chi connectivity index (χ1) is 11.3. The fourth-order valence-electron chi connectivity index (χ4n) is 3.01. The molecule has 0 atom stereocenters. The Morgan fingerprint density at radius 1 is 1.00 bits per heavy atom. The Balaban J connectivity index is 2.17. The van der Waals surface area contributed by atoms with Crippen molar-refractivity contribution in [3.63, 3.8) is 0 Å². The zero-order valence-corrected chi connectivity index (χ0v) is 14.5. The van der Waals surface area contributed by atoms with E-state index in [-0.39, 0.29) is 11.1 Å². The number of benzene rings is 2. The highest BCUT2D eigenvalue weighted by atomic mass is 16.1. The minimum atomic E-state index is -0.00119. The van der Waals surface area contributed by atoms with Gasteiger partial charge in [-0.1, -0.05) is 45.0 Å². The number of hydrogen-bond acceptors (Lipinski definition) is 2. The van der Waals surface area contributed by atoms with Gasteiger partial charge in [-0.2, -0.15) is 0 Å². The van der Waals surface area contributed by atoms with Crippen LogP contribution in [0.3, 0.4) is 0 Å². The van der Waals surface area contributed by atoms with E-state index in [1.807, 2.05) is 41.0 Å². The minimum absolute atomic E-state index is 0.00119. The van der Waals surface area contributed by atoms with Crippen molar-refractivity contribution < 1.29 is 4.79 Å². The third-order valence-electron chi connectivity index (χ3n) is 4.13. The molecule has 0 saturated heterocycles. The summed E-state index contributed by atoms with van der Waals surface area (Å²) >= 11 is 0. The molecule has 0 bridgehead atoms. The lowest BCUT2D eigenvalue weighted by Crippen LogP contribution is -2.27. The summed E-state index contributed by atoms with van der Waals surface area (Å²) in [7, 11) is 1.80. The second-order valence-electron chi connectivity index (χ2n) is 7.44. The van der Waals surface area contributed by atoms with Crippen molar-refractivity contribution in [2.75, 3.05) is 0 Å². The molecule has 124 valence electrons. The van der Waals surface area contributed by atoms with E-state index in [0.29, 0.717) is 12.1 Å². The van der Waals surface area contributed by atoms with Gasteiger partial charge < -0.3 is 0 Å². The number of imidazole rings is 1. The number of nitrogens with zero attached hydrogens (tertiary/aromatic N) is 2. The van der Waals surface area contributed by atoms with Crippen LogP contribution in [0.1, 0.15) is 31.1 Å². The highest BCUT2D eigenvalue weighted by Crippen LogP contribution is 2.26. The van der Waals surface area contributed by atoms with Crippen LogP contribution in [0.15, 0.2) is 47.3 Å². The van der Waals surface area contributed by atoms with Crippen LogP contribution in [0.2, 0.25) is 0 Å². The van der Waals surface area contributed by atoms with Crippen molar-refractivity contribution in [3.8, 4) is 11.1 Å². The van der Waals surface area contributed by atoms with Gasteiger partial charge in [0.05, 0.1) is 11.0 Å². The standard InChI is InChI=1S/C20H22N2O2/c1-20(2,3)13-22-17-9-8-16(11-18(17)21(4)19(22)24)15-7-5-6-14(10-15)12-23/h5-12H,13H2,1-4H3. The molecule has 0 amide bonds. The second kappa shape index (κ2) is 5.78. The molecule has 2 aromatic carbocycles. The van der Waals surface area contributed by atoms with E-state index in [1.165, 1.54) is 0 Å². The van der Waals surface area contributed by atoms with Crippen molar-refractivity contribution in [2.24, 2.45) is 12.5 Å². The first-order valence-electron chi connectivity index (χ1n) is 8.05. The monoisotopic (exact) mass is 322 g/mol. The van der Waals surface area contributed by atoms with E-state index in [1.54, 1.807) is 17.7 Å². The van der Waals surface area contributed by atoms with Crippen molar-refractivity contribution >= 4 is 17.3 Å². The van der Waals surface area contributed by atoms with E-state index in [2.05, 4.69) is 20.8 Å². The third kappa shape index (κ3) is 2.92. The van der Waals surface area contributed by atoms with Gasteiger partial charge >= 0.3 is 5.69 Å². The maximum absolute atomic E-state index is 12.6. The van der Waals surface area contributed by atoms with Gasteiger partial charge in [-0.25, -0.2) is 4.79 Å². The highest BCUT2D eigenvalue weighted by molar-refractivity contribution is 5.84. The summed E-state index contributed by atoms with van der Waals surface area (Å²) in [6, 6.07) is 13.5. The summed E-state index contributed by atoms with van der Waals surface area (Å²) in [5, 5.41) is 0. The number of aldehydes is 1. The largest absolute Gasteiger partial charge is 0.328 e. The SMILES string of the molecule is Cn1c(=O)n(CC(C)(C)C)c2ccc(-c3cccc(C=O)c3)cc21. The Labute approximate surface area is 141 Å². The van der Waals surface area contributed by atoms with Crippen molar-refractivity contribution in [2.45, 2.75) is 27.3 Å². The molecule has 4 heteroatoms. The van der Waals surface area contributed by atoms with E-state index in [9.17, 15) is 9.59 Å². The number of rotatable bonds is 3. The lowest BCUT2D eigenvalue weighted by atomic mass is 9.97. The molecule has 24 heavy (non-hydrogen) atoms. The van der Waals surface area contributed by atoms with Crippen LogP contribution in [0.5, 0.6) is 0 Å². The van der Waals surface area contributed by atoms with Gasteiger partial charge in [0.15, 0.2) is 0 Å². The average Bonchev–Trinajstić information content (AvgIpc) is 2.78. The van der Waals surface area contributed by atoms with Gasteiger partial charge in [-0.15, -0.1) is 0 Å². The summed E-state index contributed by atoms with van der Waals surface area (Å²) in [5.41, 5.74) is 4.47. The van der Waals surface area contributed by atoms with Gasteiger partial charge in [0.2, 0.25) is 0 Å². The fourth-order valence-corrected chi connectivity index (χ4v) is 3.01. The molecule has 4 nitrogen and oxygen atoms in total. The first kappa shape index (κ1) is 16.2. The van der Waals surface area contributed by atoms with E-state index < -0.39 is 0 Å². The lowest BCUT2D eigenvalue weighted by Gasteiger charge is -2.18. The zero-order chi connectivity index (χ0) is 17.5. The van der Waals surface area contributed by atoms with E-state index in [4.69, 9.17) is 0 Å². The van der Waals surface area contributed by atoms with Gasteiger partial charge in [0.1, 0.15) is 6.29 Å². The Morgan fingerprint density at radius 3 is 2.38 bits per heavy atom. The molecule has 1 heterocycles. The molecular weight excluding hydrogens is 300 g/mol. The fraction of sp³-hybridized carbons (Fsp3) is 0.300. The zero-order valence-electron chi connectivity index (χ0n) is 14.5. The Kier molecular flexibility index (Phi) is 3.91. The van der Waals surface area contributed by atoms with Gasteiger partial charge in [0.25, 0.3) is 0 Å². The molecule has 0 aliphatic rings. The Morgan fingerprint density at radius 2 is 1.71 bits per heavy atom. The van der Waals surface area contributed by atoms with Crippen LogP contribution in [0, 0.1) is 5.41 Å². The summed E-state index contributed by atoms with van der Waals surface area (Å²) in [5.74, 6) is 0. The smallest absolute Gasteiger partial charge is 0.298 e. The lowest BCUT2D eigenvalue weighted by molar-refractivity contribution is 0.112. The molecule has 0 spiro atoms. The van der Waals surface area contributed by atoms with Gasteiger partial charge in [-0.3, -0.25) is 13.9 Å². The molecule has 0 fully saturated rings. The Bertz CT molecular complexity index is 971. The number of carbonyl (C=O) groups excluding carboxylic acids is 1. The van der Waals surface area contributed by atoms with Crippen LogP contribution in [0.4, 0.5) is 0 Å². The van der Waals surface area contributed by atoms with Crippen LogP contribution < -0.4 is 5.69 Å². The summed E-state index contributed by atoms with van der Waals surface area (Å²) < 4.78 is 3.52. The highest BCUT2D eigenvalue weighted by Gasteiger charge is 2.18. The summed E-state index contributed by atoms with van der Waals surface area (Å²) in [6.07, 6.45) is 0.845. The molecule has 3 aromatic rings. The van der Waals surface area contributed by atoms with Crippen LogP contribution >= 0.6 is 0 Å². The predicted octanol–water partition coefficient (Wildman–Crippen LogP) is 3.87. The molecular formula is C20H22N2O2. The molecule has 1 aromatic heterocycles. The maximum Gasteiger partial charge on any atom is 0.328 e. The van der Waals surface area contributed by atoms with Crippen molar-refractivity contribution in [1.82, 2.24) is 9.13 Å². The van der Waals surface area contributed by atoms with Crippen LogP contribution in [0.25, 0.3) is 22.2 Å². The van der Waals surface area contributed by atoms with E-state index in [0.717, 1.165) is 28.4 Å². The average molecular weight is 322 g/mol. The predicted molar refractivity (Wildman–Crippen MR) is 97.5 cm³/mol. The number of carbonyl (C=O) groups is 1. The summed E-state index contributed by atoms with van der Waals surface area (Å²) in [6.45, 7) is 7.04. The van der Waals surface area contributed by atoms with Crippen LogP contribution in [-0.4, -0.2) is 15.4 Å².